The molecule has 1 unspecified atom stereocenters. The normalized spacial score (nSPS) is 15.1. The van der Waals surface area contributed by atoms with Crippen molar-refractivity contribution in [3.63, 3.8) is 0 Å². The van der Waals surface area contributed by atoms with Crippen LogP contribution < -0.4 is 10.2 Å². The van der Waals surface area contributed by atoms with E-state index in [9.17, 15) is 4.79 Å². The molecule has 150 valence electrons. The molecule has 0 aliphatic carbocycles. The minimum atomic E-state index is -0.302. The molecule has 0 bridgehead atoms. The molecule has 2 heterocycles. The van der Waals surface area contributed by atoms with Gasteiger partial charge in [0.1, 0.15) is 6.33 Å². The molecule has 3 aromatic rings. The zero-order valence-electron chi connectivity index (χ0n) is 16.5. The quantitative estimate of drug-likeness (QED) is 0.615. The predicted molar refractivity (Wildman–Crippen MR) is 118 cm³/mol. The fourth-order valence-electron chi connectivity index (χ4n) is 3.43. The maximum atomic E-state index is 12.7. The van der Waals surface area contributed by atoms with Crippen LogP contribution in [0.2, 0.25) is 0 Å². The highest BCUT2D eigenvalue weighted by Crippen LogP contribution is 2.26. The van der Waals surface area contributed by atoms with E-state index in [1.54, 1.807) is 6.33 Å². The van der Waals surface area contributed by atoms with E-state index in [-0.39, 0.29) is 11.2 Å². The topological polar surface area (TPSA) is 63.1 Å². The van der Waals surface area contributed by atoms with Gasteiger partial charge in [0.2, 0.25) is 5.91 Å². The Morgan fingerprint density at radius 3 is 2.45 bits per heavy atom. The third kappa shape index (κ3) is 4.79. The maximum absolute atomic E-state index is 12.7. The van der Waals surface area contributed by atoms with E-state index in [1.165, 1.54) is 36.7 Å². The minimum absolute atomic E-state index is 0.0525. The molecule has 0 radical (unpaired) electrons. The second-order valence-corrected chi connectivity index (χ2v) is 8.47. The van der Waals surface area contributed by atoms with Crippen molar-refractivity contribution < 1.29 is 4.79 Å². The Morgan fingerprint density at radius 2 is 1.72 bits per heavy atom. The number of rotatable bonds is 6. The number of benzene rings is 2. The first-order valence-corrected chi connectivity index (χ1v) is 10.9. The number of nitrogens with zero attached hydrogens (tertiary/aromatic N) is 4. The highest BCUT2D eigenvalue weighted by atomic mass is 32.2. The van der Waals surface area contributed by atoms with Crippen LogP contribution >= 0.6 is 11.8 Å². The lowest BCUT2D eigenvalue weighted by atomic mass is 10.1. The van der Waals surface area contributed by atoms with Gasteiger partial charge in [-0.2, -0.15) is 0 Å². The first-order chi connectivity index (χ1) is 14.2. The molecule has 1 atom stereocenters. The fourth-order valence-corrected chi connectivity index (χ4v) is 4.28. The molecule has 4 rings (SSSR count). The highest BCUT2D eigenvalue weighted by molar-refractivity contribution is 8.00. The summed E-state index contributed by atoms with van der Waals surface area (Å²) < 4.78 is 1.89. The van der Waals surface area contributed by atoms with Crippen molar-refractivity contribution in [1.29, 1.82) is 0 Å². The van der Waals surface area contributed by atoms with Crippen LogP contribution in [0.25, 0.3) is 5.69 Å². The molecule has 1 saturated heterocycles. The summed E-state index contributed by atoms with van der Waals surface area (Å²) in [5.74, 6) is -0.0525. The van der Waals surface area contributed by atoms with Crippen LogP contribution in [-0.2, 0) is 4.79 Å². The number of aromatic nitrogens is 3. The van der Waals surface area contributed by atoms with Gasteiger partial charge in [-0.05, 0) is 62.6 Å². The first kappa shape index (κ1) is 19.5. The van der Waals surface area contributed by atoms with Crippen LogP contribution in [0.15, 0.2) is 66.1 Å². The lowest BCUT2D eigenvalue weighted by Crippen LogP contribution is -2.29. The Balaban J connectivity index is 1.37. The zero-order valence-corrected chi connectivity index (χ0v) is 17.3. The van der Waals surface area contributed by atoms with E-state index >= 15 is 0 Å². The van der Waals surface area contributed by atoms with Crippen LogP contribution in [-0.4, -0.2) is 39.0 Å². The smallest absolute Gasteiger partial charge is 0.237 e. The number of carbonyl (C=O) groups is 1. The molecule has 0 spiro atoms. The van der Waals surface area contributed by atoms with Gasteiger partial charge in [0.15, 0.2) is 5.16 Å². The molecule has 1 amide bonds. The van der Waals surface area contributed by atoms with Gasteiger partial charge in [-0.25, -0.2) is 0 Å². The molecule has 7 heteroatoms. The van der Waals surface area contributed by atoms with Gasteiger partial charge in [0.05, 0.1) is 5.25 Å². The largest absolute Gasteiger partial charge is 0.372 e. The summed E-state index contributed by atoms with van der Waals surface area (Å²) in [5, 5.41) is 11.6. The van der Waals surface area contributed by atoms with E-state index < -0.39 is 0 Å². The van der Waals surface area contributed by atoms with E-state index in [2.05, 4.69) is 32.5 Å². The van der Waals surface area contributed by atoms with Crippen molar-refractivity contribution in [1.82, 2.24) is 14.8 Å². The Kier molecular flexibility index (Phi) is 6.14. The third-order valence-corrected chi connectivity index (χ3v) is 6.12. The molecule has 1 aromatic heterocycles. The number of hydrogen-bond acceptors (Lipinski definition) is 5. The van der Waals surface area contributed by atoms with Gasteiger partial charge in [-0.3, -0.25) is 9.36 Å². The van der Waals surface area contributed by atoms with Crippen molar-refractivity contribution in [3.8, 4) is 5.69 Å². The highest BCUT2D eigenvalue weighted by Gasteiger charge is 2.19. The van der Waals surface area contributed by atoms with Gasteiger partial charge < -0.3 is 10.2 Å². The molecule has 1 fully saturated rings. The fraction of sp³-hybridized carbons (Fsp3) is 0.318. The lowest BCUT2D eigenvalue weighted by molar-refractivity contribution is -0.115. The summed E-state index contributed by atoms with van der Waals surface area (Å²) in [5.41, 5.74) is 3.01. The number of thioether (sulfide) groups is 1. The van der Waals surface area contributed by atoms with Gasteiger partial charge in [0, 0.05) is 30.2 Å². The number of carbonyl (C=O) groups excluding carboxylic acids is 1. The van der Waals surface area contributed by atoms with E-state index in [1.807, 2.05) is 54.0 Å². The second-order valence-electron chi connectivity index (χ2n) is 7.16. The van der Waals surface area contributed by atoms with Crippen LogP contribution in [0.3, 0.4) is 0 Å². The molecule has 6 nitrogen and oxygen atoms in total. The Morgan fingerprint density at radius 1 is 1.00 bits per heavy atom. The summed E-state index contributed by atoms with van der Waals surface area (Å²) >= 11 is 1.39. The minimum Gasteiger partial charge on any atom is -0.372 e. The molecule has 1 N–H and O–H groups in total. The number of para-hydroxylation sites is 1. The van der Waals surface area contributed by atoms with Crippen LogP contribution in [0.4, 0.5) is 11.4 Å². The lowest BCUT2D eigenvalue weighted by Gasteiger charge is -2.28. The summed E-state index contributed by atoms with van der Waals surface area (Å²) in [4.78, 5) is 15.1. The molecular formula is C22H25N5OS. The maximum Gasteiger partial charge on any atom is 0.237 e. The first-order valence-electron chi connectivity index (χ1n) is 9.99. The number of nitrogens with one attached hydrogen (secondary N) is 1. The van der Waals surface area contributed by atoms with Gasteiger partial charge >= 0.3 is 0 Å². The SMILES string of the molecule is CC(Sc1nncn1-c1ccccc1)C(=O)Nc1ccc(N2CCCCC2)cc1. The molecule has 29 heavy (non-hydrogen) atoms. The molecule has 1 aliphatic rings. The van der Waals surface area contributed by atoms with Crippen molar-refractivity contribution in [2.45, 2.75) is 36.6 Å². The average molecular weight is 408 g/mol. The number of hydrogen-bond donors (Lipinski definition) is 1. The molecular weight excluding hydrogens is 382 g/mol. The van der Waals surface area contributed by atoms with Gasteiger partial charge in [-0.15, -0.1) is 10.2 Å². The van der Waals surface area contributed by atoms with Crippen molar-refractivity contribution in [2.75, 3.05) is 23.3 Å². The average Bonchev–Trinajstić information content (AvgIpc) is 3.23. The zero-order chi connectivity index (χ0) is 20.1. The van der Waals surface area contributed by atoms with Crippen molar-refractivity contribution in [3.05, 3.63) is 60.9 Å². The number of piperidine rings is 1. The standard InChI is InChI=1S/C22H25N5OS/c1-17(29-22-25-23-16-27(22)20-8-4-2-5-9-20)21(28)24-18-10-12-19(13-11-18)26-14-6-3-7-15-26/h2,4-5,8-13,16-17H,3,6-7,14-15H2,1H3,(H,24,28). The Labute approximate surface area is 175 Å². The Bertz CT molecular complexity index is 935. The second kappa shape index (κ2) is 9.13. The molecule has 2 aromatic carbocycles. The van der Waals surface area contributed by atoms with Gasteiger partial charge in [-0.1, -0.05) is 30.0 Å². The van der Waals surface area contributed by atoms with Gasteiger partial charge in [0.25, 0.3) is 0 Å². The van der Waals surface area contributed by atoms with Crippen molar-refractivity contribution >= 4 is 29.0 Å². The monoisotopic (exact) mass is 407 g/mol. The van der Waals surface area contributed by atoms with Crippen LogP contribution in [0, 0.1) is 0 Å². The summed E-state index contributed by atoms with van der Waals surface area (Å²) in [6.07, 6.45) is 5.49. The predicted octanol–water partition coefficient (Wildman–Crippen LogP) is 4.38. The van der Waals surface area contributed by atoms with E-state index in [0.29, 0.717) is 5.16 Å². The summed E-state index contributed by atoms with van der Waals surface area (Å²) in [7, 11) is 0. The Hall–Kier alpha value is -2.80. The molecule has 0 saturated carbocycles. The molecule has 1 aliphatic heterocycles. The summed E-state index contributed by atoms with van der Waals surface area (Å²) in [6.45, 7) is 4.11. The summed E-state index contributed by atoms with van der Waals surface area (Å²) in [6, 6.07) is 18.0. The van der Waals surface area contributed by atoms with Crippen LogP contribution in [0.5, 0.6) is 0 Å². The number of amides is 1. The number of anilines is 2. The van der Waals surface area contributed by atoms with Crippen LogP contribution in [0.1, 0.15) is 26.2 Å². The van der Waals surface area contributed by atoms with Crippen molar-refractivity contribution in [2.24, 2.45) is 0 Å². The van der Waals surface area contributed by atoms with E-state index in [0.717, 1.165) is 24.5 Å². The van der Waals surface area contributed by atoms with E-state index in [4.69, 9.17) is 0 Å². The third-order valence-electron chi connectivity index (χ3n) is 5.06.